The maximum Gasteiger partial charge on any atom is 0.495 e. The number of hydrogen-bond donors (Lipinski definition) is 2. The first-order chi connectivity index (χ1) is 20.1. The van der Waals surface area contributed by atoms with Gasteiger partial charge >= 0.3 is 14.2 Å². The molecule has 2 N–H and O–H groups in total. The van der Waals surface area contributed by atoms with Crippen LogP contribution in [-0.4, -0.2) is 35.5 Å². The zero-order valence-corrected chi connectivity index (χ0v) is 24.3. The van der Waals surface area contributed by atoms with Gasteiger partial charge in [0.15, 0.2) is 0 Å². The molecule has 0 aromatic heterocycles. The van der Waals surface area contributed by atoms with Gasteiger partial charge in [-0.1, -0.05) is 109 Å². The van der Waals surface area contributed by atoms with Crippen LogP contribution >= 0.6 is 0 Å². The summed E-state index contributed by atoms with van der Waals surface area (Å²) in [7, 11) is -1.75. The third-order valence-electron chi connectivity index (χ3n) is 9.14. The first kappa shape index (κ1) is 26.9. The van der Waals surface area contributed by atoms with Crippen LogP contribution in [0.5, 0.6) is 0 Å². The van der Waals surface area contributed by atoms with E-state index < -0.39 is 7.12 Å². The summed E-state index contributed by atoms with van der Waals surface area (Å²) in [4.78, 5) is 0. The fraction of sp³-hybridized carbons (Fsp3) is 0.167. The molecule has 206 valence electrons. The second kappa shape index (κ2) is 9.82. The highest BCUT2D eigenvalue weighted by atomic mass is 16.7. The summed E-state index contributed by atoms with van der Waals surface area (Å²) in [5.74, 6) is 0. The van der Waals surface area contributed by atoms with Crippen molar-refractivity contribution in [2.45, 2.75) is 38.9 Å². The number of hydrogen-bond acceptors (Lipinski definition) is 4. The highest BCUT2D eigenvalue weighted by molar-refractivity contribution is 6.66. The molecule has 42 heavy (non-hydrogen) atoms. The molecule has 1 aliphatic heterocycles. The summed E-state index contributed by atoms with van der Waals surface area (Å²) in [5.41, 5.74) is 0.930. The Morgan fingerprint density at radius 2 is 1.05 bits per heavy atom. The normalized spacial score (nSPS) is 16.0. The van der Waals surface area contributed by atoms with E-state index in [1.54, 1.807) is 12.1 Å². The molecule has 0 saturated carbocycles. The fourth-order valence-electron chi connectivity index (χ4n) is 6.21. The summed E-state index contributed by atoms with van der Waals surface area (Å²) in [5, 5.41) is 30.3. The van der Waals surface area contributed by atoms with Crippen LogP contribution < -0.4 is 10.9 Å². The molecule has 0 unspecified atom stereocenters. The second-order valence-corrected chi connectivity index (χ2v) is 12.2. The highest BCUT2D eigenvalue weighted by Crippen LogP contribution is 2.41. The summed E-state index contributed by atoms with van der Waals surface area (Å²) >= 11 is 0. The predicted octanol–water partition coefficient (Wildman–Crippen LogP) is 6.56. The minimum Gasteiger partial charge on any atom is -0.423 e. The minimum absolute atomic E-state index is 0.352. The van der Waals surface area contributed by atoms with Gasteiger partial charge in [-0.05, 0) is 92.5 Å². The summed E-state index contributed by atoms with van der Waals surface area (Å²) < 4.78 is 12.8. The molecule has 8 rings (SSSR count). The SMILES string of the molecule is CC1(C)OB(c2ccc3c4cccc5cccc(c6cccc2c63)c54)OC1(C)C.OB(O)c1ccc2ccccc2c1. The molecule has 1 saturated heterocycles. The van der Waals surface area contributed by atoms with Gasteiger partial charge in [-0.25, -0.2) is 0 Å². The third-order valence-corrected chi connectivity index (χ3v) is 9.14. The van der Waals surface area contributed by atoms with E-state index in [0.29, 0.717) is 5.46 Å². The maximum absolute atomic E-state index is 8.94. The van der Waals surface area contributed by atoms with Crippen LogP contribution in [0.3, 0.4) is 0 Å². The van der Waals surface area contributed by atoms with Crippen molar-refractivity contribution >= 4 is 79.0 Å². The Kier molecular flexibility index (Phi) is 6.30. The molecule has 7 aromatic rings. The van der Waals surface area contributed by atoms with Crippen molar-refractivity contribution in [3.63, 3.8) is 0 Å². The van der Waals surface area contributed by atoms with Gasteiger partial charge in [0.2, 0.25) is 0 Å². The van der Waals surface area contributed by atoms with E-state index in [-0.39, 0.29) is 18.3 Å². The molecule has 1 fully saturated rings. The molecule has 4 nitrogen and oxygen atoms in total. The largest absolute Gasteiger partial charge is 0.495 e. The molecular weight excluding hydrogens is 518 g/mol. The second-order valence-electron chi connectivity index (χ2n) is 12.2. The Morgan fingerprint density at radius 3 is 1.69 bits per heavy atom. The van der Waals surface area contributed by atoms with Crippen molar-refractivity contribution in [1.29, 1.82) is 0 Å². The van der Waals surface area contributed by atoms with E-state index in [4.69, 9.17) is 19.4 Å². The van der Waals surface area contributed by atoms with Gasteiger partial charge < -0.3 is 19.4 Å². The lowest BCUT2D eigenvalue weighted by Crippen LogP contribution is -2.41. The first-order valence-corrected chi connectivity index (χ1v) is 14.4. The molecule has 7 aromatic carbocycles. The Hall–Kier alpha value is -3.93. The van der Waals surface area contributed by atoms with Crippen molar-refractivity contribution in [3.05, 3.63) is 109 Å². The van der Waals surface area contributed by atoms with Crippen LogP contribution in [0.4, 0.5) is 0 Å². The van der Waals surface area contributed by atoms with Crippen molar-refractivity contribution in [2.75, 3.05) is 0 Å². The first-order valence-electron chi connectivity index (χ1n) is 14.4. The number of fused-ring (bicyclic) bond motifs is 3. The van der Waals surface area contributed by atoms with Gasteiger partial charge in [-0.3, -0.25) is 0 Å². The predicted molar refractivity (Wildman–Crippen MR) is 177 cm³/mol. The van der Waals surface area contributed by atoms with Gasteiger partial charge in [0, 0.05) is 0 Å². The Balaban J connectivity index is 0.000000186. The van der Waals surface area contributed by atoms with E-state index in [1.807, 2.05) is 30.3 Å². The molecule has 0 spiro atoms. The van der Waals surface area contributed by atoms with E-state index >= 15 is 0 Å². The average Bonchev–Trinajstić information content (AvgIpc) is 3.21. The van der Waals surface area contributed by atoms with E-state index in [0.717, 1.165) is 16.2 Å². The molecule has 0 radical (unpaired) electrons. The molecule has 0 bridgehead atoms. The lowest BCUT2D eigenvalue weighted by Gasteiger charge is -2.32. The number of benzene rings is 7. The van der Waals surface area contributed by atoms with Gasteiger partial charge in [0.25, 0.3) is 0 Å². The lowest BCUT2D eigenvalue weighted by molar-refractivity contribution is 0.00578. The van der Waals surface area contributed by atoms with Crippen molar-refractivity contribution in [2.24, 2.45) is 0 Å². The Bertz CT molecular complexity index is 2030. The van der Waals surface area contributed by atoms with Crippen molar-refractivity contribution in [3.8, 4) is 0 Å². The van der Waals surface area contributed by atoms with Gasteiger partial charge in [-0.2, -0.15) is 0 Å². The molecule has 1 aliphatic rings. The Labute approximate surface area is 246 Å². The quantitative estimate of drug-likeness (QED) is 0.146. The fourth-order valence-corrected chi connectivity index (χ4v) is 6.21. The van der Waals surface area contributed by atoms with Crippen LogP contribution in [0.1, 0.15) is 27.7 Å². The van der Waals surface area contributed by atoms with Crippen LogP contribution in [0, 0.1) is 0 Å². The monoisotopic (exact) mass is 550 g/mol. The zero-order chi connectivity index (χ0) is 29.2. The van der Waals surface area contributed by atoms with Crippen LogP contribution in [0.2, 0.25) is 0 Å². The van der Waals surface area contributed by atoms with E-state index in [1.165, 1.54) is 43.1 Å². The molecule has 0 amide bonds. The van der Waals surface area contributed by atoms with Crippen molar-refractivity contribution < 1.29 is 19.4 Å². The molecule has 0 aliphatic carbocycles. The minimum atomic E-state index is -1.38. The lowest BCUT2D eigenvalue weighted by atomic mass is 9.74. The van der Waals surface area contributed by atoms with Gasteiger partial charge in [-0.15, -0.1) is 0 Å². The highest BCUT2D eigenvalue weighted by Gasteiger charge is 2.52. The molecular formula is C36H32B2O4. The van der Waals surface area contributed by atoms with E-state index in [9.17, 15) is 0 Å². The van der Waals surface area contributed by atoms with Crippen LogP contribution in [0.25, 0.3) is 53.9 Å². The molecule has 6 heteroatoms. The molecule has 0 atom stereocenters. The smallest absolute Gasteiger partial charge is 0.423 e. The number of rotatable bonds is 2. The standard InChI is InChI=1S/C26H23BO2.C10H9BO2/c1-25(2)26(3,4)29-27(28-25)22-15-14-20-18-11-6-9-16-8-5-10-17(23(16)18)19-12-7-13-21(22)24(19)20;12-11(13)10-6-5-8-3-1-2-4-9(8)7-10/h5-15H,1-4H3;1-7,12-13H. The van der Waals surface area contributed by atoms with Crippen LogP contribution in [0.15, 0.2) is 109 Å². The topological polar surface area (TPSA) is 58.9 Å². The van der Waals surface area contributed by atoms with Gasteiger partial charge in [0.1, 0.15) is 0 Å². The summed E-state index contributed by atoms with van der Waals surface area (Å²) in [6.45, 7) is 8.42. The third kappa shape index (κ3) is 4.26. The van der Waals surface area contributed by atoms with Gasteiger partial charge in [0.05, 0.1) is 11.2 Å². The van der Waals surface area contributed by atoms with Crippen molar-refractivity contribution in [1.82, 2.24) is 0 Å². The van der Waals surface area contributed by atoms with Crippen LogP contribution in [-0.2, 0) is 9.31 Å². The maximum atomic E-state index is 8.94. The average molecular weight is 550 g/mol. The zero-order valence-electron chi connectivity index (χ0n) is 24.3. The molecule has 1 heterocycles. The Morgan fingerprint density at radius 1 is 0.524 bits per heavy atom. The summed E-state index contributed by atoms with van der Waals surface area (Å²) in [6, 6.07) is 37.4. The summed E-state index contributed by atoms with van der Waals surface area (Å²) in [6.07, 6.45) is 0. The van der Waals surface area contributed by atoms with E-state index in [2.05, 4.69) is 94.4 Å².